The van der Waals surface area contributed by atoms with E-state index in [-0.39, 0.29) is 5.91 Å². The predicted octanol–water partition coefficient (Wildman–Crippen LogP) is 2.87. The monoisotopic (exact) mass is 384 g/mol. The topological polar surface area (TPSA) is 64.9 Å². The van der Waals surface area contributed by atoms with E-state index in [1.54, 1.807) is 0 Å². The molecule has 0 aliphatic carbocycles. The molecule has 28 heavy (non-hydrogen) atoms. The first kappa shape index (κ1) is 20.0. The van der Waals surface area contributed by atoms with E-state index < -0.39 is 0 Å². The van der Waals surface area contributed by atoms with E-state index in [2.05, 4.69) is 15.2 Å². The normalized spacial score (nSPS) is 13.4. The van der Waals surface area contributed by atoms with Crippen LogP contribution in [0.3, 0.4) is 0 Å². The third kappa shape index (κ3) is 4.94. The molecule has 1 aromatic carbocycles. The van der Waals surface area contributed by atoms with E-state index in [1.807, 2.05) is 50.4 Å². The van der Waals surface area contributed by atoms with E-state index >= 15 is 0 Å². The Kier molecular flexibility index (Phi) is 7.12. The standard InChI is InChI=1S/C22H29N3O3/c1-3-27-19-10-9-17(16-20(19)28-4-2)11-13-24-22(26)18-8-7-12-23-21(18)25-14-5-6-15-25/h7-10,12,16H,3-6,11,13-15H2,1-2H3,(H,24,26)/p+1. The molecule has 1 aromatic heterocycles. The molecule has 2 N–H and O–H groups in total. The maximum Gasteiger partial charge on any atom is 0.287 e. The van der Waals surface area contributed by atoms with E-state index in [1.165, 1.54) is 12.8 Å². The number of aromatic amines is 1. The summed E-state index contributed by atoms with van der Waals surface area (Å²) in [5.74, 6) is 2.38. The fourth-order valence-electron chi connectivity index (χ4n) is 3.48. The summed E-state index contributed by atoms with van der Waals surface area (Å²) in [7, 11) is 0. The molecule has 2 heterocycles. The highest BCUT2D eigenvalue weighted by atomic mass is 16.5. The average molecular weight is 385 g/mol. The number of nitrogens with one attached hydrogen (secondary N) is 2. The first-order valence-corrected chi connectivity index (χ1v) is 10.1. The molecular formula is C22H30N3O3+. The van der Waals surface area contributed by atoms with Gasteiger partial charge in [-0.25, -0.2) is 4.98 Å². The van der Waals surface area contributed by atoms with Crippen molar-refractivity contribution >= 4 is 11.7 Å². The van der Waals surface area contributed by atoms with Gasteiger partial charge in [-0.3, -0.25) is 9.69 Å². The molecule has 6 heteroatoms. The highest BCUT2D eigenvalue weighted by molar-refractivity contribution is 5.98. The van der Waals surface area contributed by atoms with Crippen molar-refractivity contribution in [2.24, 2.45) is 0 Å². The molecule has 0 radical (unpaired) electrons. The Morgan fingerprint density at radius 2 is 1.86 bits per heavy atom. The molecule has 1 amide bonds. The van der Waals surface area contributed by atoms with Crippen LogP contribution in [0.4, 0.5) is 5.82 Å². The zero-order chi connectivity index (χ0) is 19.8. The van der Waals surface area contributed by atoms with E-state index in [9.17, 15) is 4.79 Å². The summed E-state index contributed by atoms with van der Waals surface area (Å²) in [5, 5.41) is 3.04. The van der Waals surface area contributed by atoms with Gasteiger partial charge in [-0.1, -0.05) is 6.07 Å². The second-order valence-electron chi connectivity index (χ2n) is 6.78. The molecule has 1 aliphatic heterocycles. The van der Waals surface area contributed by atoms with Crippen LogP contribution >= 0.6 is 0 Å². The summed E-state index contributed by atoms with van der Waals surface area (Å²) in [5.41, 5.74) is 1.80. The number of rotatable bonds is 9. The minimum absolute atomic E-state index is 0.0466. The average Bonchev–Trinajstić information content (AvgIpc) is 3.25. The lowest BCUT2D eigenvalue weighted by Gasteiger charge is -2.14. The summed E-state index contributed by atoms with van der Waals surface area (Å²) >= 11 is 0. The van der Waals surface area contributed by atoms with Crippen LogP contribution in [0, 0.1) is 0 Å². The molecule has 1 fully saturated rings. The first-order valence-electron chi connectivity index (χ1n) is 10.1. The van der Waals surface area contributed by atoms with Crippen LogP contribution in [0.2, 0.25) is 0 Å². The maximum absolute atomic E-state index is 12.7. The summed E-state index contributed by atoms with van der Waals surface area (Å²) in [4.78, 5) is 18.2. The van der Waals surface area contributed by atoms with Crippen molar-refractivity contribution in [2.45, 2.75) is 33.1 Å². The summed E-state index contributed by atoms with van der Waals surface area (Å²) in [6.45, 7) is 7.65. The van der Waals surface area contributed by atoms with Crippen molar-refractivity contribution in [1.29, 1.82) is 0 Å². The van der Waals surface area contributed by atoms with Gasteiger partial charge in [-0.2, -0.15) is 0 Å². The molecule has 3 rings (SSSR count). The molecule has 1 aliphatic rings. The first-order chi connectivity index (χ1) is 13.7. The van der Waals surface area contributed by atoms with Gasteiger partial charge in [0.25, 0.3) is 11.7 Å². The van der Waals surface area contributed by atoms with E-state index in [0.29, 0.717) is 25.3 Å². The fraction of sp³-hybridized carbons (Fsp3) is 0.455. The van der Waals surface area contributed by atoms with Crippen molar-refractivity contribution in [3.63, 3.8) is 0 Å². The van der Waals surface area contributed by atoms with Crippen molar-refractivity contribution in [1.82, 2.24) is 5.32 Å². The quantitative estimate of drug-likeness (QED) is 0.722. The van der Waals surface area contributed by atoms with Gasteiger partial charge in [-0.05, 0) is 62.9 Å². The number of H-pyrrole nitrogens is 1. The number of nitrogens with zero attached hydrogens (tertiary/aromatic N) is 1. The number of aromatic nitrogens is 1. The van der Waals surface area contributed by atoms with Crippen molar-refractivity contribution in [3.05, 3.63) is 47.7 Å². The molecule has 0 spiro atoms. The summed E-state index contributed by atoms with van der Waals surface area (Å²) < 4.78 is 11.3. The number of pyridine rings is 1. The van der Waals surface area contributed by atoms with E-state index in [0.717, 1.165) is 42.4 Å². The SMILES string of the molecule is CCOc1ccc(CCNC(=O)c2ccc[nH+]c2N2CCCC2)cc1OCC. The number of hydrogen-bond donors (Lipinski definition) is 1. The second kappa shape index (κ2) is 9.97. The van der Waals surface area contributed by atoms with Gasteiger partial charge in [0, 0.05) is 6.54 Å². The van der Waals surface area contributed by atoms with Gasteiger partial charge in [0.2, 0.25) is 0 Å². The van der Waals surface area contributed by atoms with Crippen molar-refractivity contribution in [2.75, 3.05) is 37.7 Å². The zero-order valence-electron chi connectivity index (χ0n) is 16.8. The van der Waals surface area contributed by atoms with Crippen LogP contribution < -0.4 is 24.7 Å². The Bertz CT molecular complexity index is 788. The fourth-order valence-corrected chi connectivity index (χ4v) is 3.48. The predicted molar refractivity (Wildman–Crippen MR) is 109 cm³/mol. The van der Waals surface area contributed by atoms with Gasteiger partial charge in [0.1, 0.15) is 5.56 Å². The Morgan fingerprint density at radius 3 is 2.61 bits per heavy atom. The Labute approximate surface area is 166 Å². The number of carbonyl (C=O) groups excluding carboxylic acids is 1. The minimum Gasteiger partial charge on any atom is -0.490 e. The summed E-state index contributed by atoms with van der Waals surface area (Å²) in [6, 6.07) is 9.69. The van der Waals surface area contributed by atoms with Crippen LogP contribution in [0.1, 0.15) is 42.6 Å². The molecule has 0 atom stereocenters. The number of benzene rings is 1. The number of amides is 1. The van der Waals surface area contributed by atoms with Gasteiger partial charge < -0.3 is 14.8 Å². The largest absolute Gasteiger partial charge is 0.490 e. The van der Waals surface area contributed by atoms with Gasteiger partial charge in [-0.15, -0.1) is 0 Å². The van der Waals surface area contributed by atoms with Crippen LogP contribution in [0.15, 0.2) is 36.5 Å². The Balaban J connectivity index is 1.61. The molecule has 150 valence electrons. The Hall–Kier alpha value is -2.76. The molecule has 6 nitrogen and oxygen atoms in total. The number of hydrogen-bond acceptors (Lipinski definition) is 4. The van der Waals surface area contributed by atoms with Gasteiger partial charge in [0.05, 0.1) is 32.5 Å². The zero-order valence-corrected chi connectivity index (χ0v) is 16.8. The smallest absolute Gasteiger partial charge is 0.287 e. The number of ether oxygens (including phenoxy) is 2. The minimum atomic E-state index is -0.0466. The second-order valence-corrected chi connectivity index (χ2v) is 6.78. The number of anilines is 1. The lowest BCUT2D eigenvalue weighted by molar-refractivity contribution is -0.364. The highest BCUT2D eigenvalue weighted by Gasteiger charge is 2.26. The Morgan fingerprint density at radius 1 is 1.11 bits per heavy atom. The van der Waals surface area contributed by atoms with Crippen LogP contribution in [0.5, 0.6) is 11.5 Å². The van der Waals surface area contributed by atoms with E-state index in [4.69, 9.17) is 9.47 Å². The lowest BCUT2D eigenvalue weighted by Crippen LogP contribution is -2.33. The van der Waals surface area contributed by atoms with Gasteiger partial charge >= 0.3 is 0 Å². The van der Waals surface area contributed by atoms with Crippen LogP contribution in [0.25, 0.3) is 0 Å². The van der Waals surface area contributed by atoms with Crippen molar-refractivity contribution < 1.29 is 19.3 Å². The third-order valence-corrected chi connectivity index (χ3v) is 4.81. The number of carbonyl (C=O) groups is 1. The third-order valence-electron chi connectivity index (χ3n) is 4.81. The molecule has 0 bridgehead atoms. The maximum atomic E-state index is 12.7. The van der Waals surface area contributed by atoms with Crippen molar-refractivity contribution in [3.8, 4) is 11.5 Å². The van der Waals surface area contributed by atoms with Crippen LogP contribution in [-0.2, 0) is 6.42 Å². The lowest BCUT2D eigenvalue weighted by atomic mass is 10.1. The van der Waals surface area contributed by atoms with Crippen LogP contribution in [-0.4, -0.2) is 38.8 Å². The molecule has 0 unspecified atom stereocenters. The molecule has 1 saturated heterocycles. The van der Waals surface area contributed by atoms with Gasteiger partial charge in [0.15, 0.2) is 11.5 Å². The molecular weight excluding hydrogens is 354 g/mol. The highest BCUT2D eigenvalue weighted by Crippen LogP contribution is 2.28. The summed E-state index contributed by atoms with van der Waals surface area (Å²) in [6.07, 6.45) is 4.95. The molecule has 0 saturated carbocycles. The molecule has 2 aromatic rings.